The first kappa shape index (κ1) is 16.2. The van der Waals surface area contributed by atoms with Crippen LogP contribution in [0.3, 0.4) is 0 Å². The molecule has 3 heterocycles. The van der Waals surface area contributed by atoms with Crippen molar-refractivity contribution in [2.75, 3.05) is 32.7 Å². The van der Waals surface area contributed by atoms with Crippen LogP contribution in [0.15, 0.2) is 16.9 Å². The number of aryl methyl sites for hydroxylation is 1. The summed E-state index contributed by atoms with van der Waals surface area (Å²) in [4.78, 5) is 27.9. The number of carbonyl (C=O) groups is 1. The van der Waals surface area contributed by atoms with Crippen molar-refractivity contribution in [3.05, 3.63) is 28.2 Å². The van der Waals surface area contributed by atoms with Gasteiger partial charge in [-0.1, -0.05) is 0 Å². The molecule has 126 valence electrons. The van der Waals surface area contributed by atoms with Crippen molar-refractivity contribution >= 4 is 5.91 Å². The zero-order chi connectivity index (χ0) is 16.2. The molecular formula is C17H26N4O2. The van der Waals surface area contributed by atoms with Gasteiger partial charge < -0.3 is 9.80 Å². The Kier molecular flexibility index (Phi) is 5.10. The normalized spacial score (nSPS) is 20.4. The van der Waals surface area contributed by atoms with Gasteiger partial charge in [0, 0.05) is 38.7 Å². The highest BCUT2D eigenvalue weighted by Crippen LogP contribution is 2.18. The maximum absolute atomic E-state index is 11.8. The van der Waals surface area contributed by atoms with Crippen molar-refractivity contribution in [3.63, 3.8) is 0 Å². The lowest BCUT2D eigenvalue weighted by molar-refractivity contribution is -0.127. The Morgan fingerprint density at radius 1 is 1.13 bits per heavy atom. The van der Waals surface area contributed by atoms with E-state index in [2.05, 4.69) is 10.00 Å². The molecule has 6 heteroatoms. The van der Waals surface area contributed by atoms with Crippen molar-refractivity contribution in [1.82, 2.24) is 19.6 Å². The third kappa shape index (κ3) is 4.19. The number of piperidine rings is 1. The van der Waals surface area contributed by atoms with Crippen molar-refractivity contribution in [2.45, 2.75) is 39.2 Å². The molecule has 0 bridgehead atoms. The second kappa shape index (κ2) is 7.25. The van der Waals surface area contributed by atoms with Gasteiger partial charge in [0.25, 0.3) is 5.56 Å². The number of hydrogen-bond donors (Lipinski definition) is 0. The van der Waals surface area contributed by atoms with Gasteiger partial charge in [0.05, 0.1) is 5.69 Å². The van der Waals surface area contributed by atoms with Crippen LogP contribution < -0.4 is 5.56 Å². The Balaban J connectivity index is 1.44. The van der Waals surface area contributed by atoms with Crippen LogP contribution in [0, 0.1) is 12.8 Å². The summed E-state index contributed by atoms with van der Waals surface area (Å²) < 4.78 is 1.61. The van der Waals surface area contributed by atoms with E-state index < -0.39 is 0 Å². The van der Waals surface area contributed by atoms with Gasteiger partial charge in [-0.2, -0.15) is 5.10 Å². The summed E-state index contributed by atoms with van der Waals surface area (Å²) >= 11 is 0. The SMILES string of the molecule is Cc1ccc(=O)n(CC2CCN(CCN3CCCC3=O)CC2)n1. The van der Waals surface area contributed by atoms with Crippen molar-refractivity contribution in [3.8, 4) is 0 Å². The van der Waals surface area contributed by atoms with E-state index in [0.29, 0.717) is 11.8 Å². The minimum atomic E-state index is -0.00873. The molecule has 1 aromatic rings. The van der Waals surface area contributed by atoms with Crippen LogP contribution in [0.2, 0.25) is 0 Å². The zero-order valence-electron chi connectivity index (χ0n) is 13.9. The average Bonchev–Trinajstić information content (AvgIpc) is 2.95. The topological polar surface area (TPSA) is 58.4 Å². The van der Waals surface area contributed by atoms with E-state index in [4.69, 9.17) is 0 Å². The molecule has 0 aromatic carbocycles. The van der Waals surface area contributed by atoms with Gasteiger partial charge in [0.1, 0.15) is 0 Å². The van der Waals surface area contributed by atoms with Gasteiger partial charge in [0.15, 0.2) is 0 Å². The van der Waals surface area contributed by atoms with Gasteiger partial charge in [-0.3, -0.25) is 9.59 Å². The van der Waals surface area contributed by atoms with Gasteiger partial charge in [-0.05, 0) is 51.3 Å². The van der Waals surface area contributed by atoms with E-state index in [1.165, 1.54) is 0 Å². The van der Waals surface area contributed by atoms with Crippen LogP contribution in [0.4, 0.5) is 0 Å². The summed E-state index contributed by atoms with van der Waals surface area (Å²) in [6.45, 7) is 7.50. The molecule has 23 heavy (non-hydrogen) atoms. The molecule has 2 fully saturated rings. The van der Waals surface area contributed by atoms with Crippen molar-refractivity contribution in [2.24, 2.45) is 5.92 Å². The van der Waals surface area contributed by atoms with E-state index in [9.17, 15) is 9.59 Å². The first-order valence-corrected chi connectivity index (χ1v) is 8.67. The summed E-state index contributed by atoms with van der Waals surface area (Å²) in [6.07, 6.45) is 3.92. The molecule has 2 aliphatic heterocycles. The molecule has 0 unspecified atom stereocenters. The van der Waals surface area contributed by atoms with Crippen LogP contribution in [0.1, 0.15) is 31.4 Å². The highest BCUT2D eigenvalue weighted by atomic mass is 16.2. The number of hydrogen-bond acceptors (Lipinski definition) is 4. The van der Waals surface area contributed by atoms with Crippen LogP contribution >= 0.6 is 0 Å². The first-order valence-electron chi connectivity index (χ1n) is 8.67. The van der Waals surface area contributed by atoms with Gasteiger partial charge in [0.2, 0.25) is 5.91 Å². The molecule has 0 aliphatic carbocycles. The van der Waals surface area contributed by atoms with Crippen molar-refractivity contribution < 1.29 is 4.79 Å². The number of aromatic nitrogens is 2. The lowest BCUT2D eigenvalue weighted by Crippen LogP contribution is -2.41. The quantitative estimate of drug-likeness (QED) is 0.809. The standard InChI is InChI=1S/C17H26N4O2/c1-14-4-5-17(23)21(18-14)13-15-6-9-19(10-7-15)11-12-20-8-2-3-16(20)22/h4-5,15H,2-3,6-13H2,1H3. The smallest absolute Gasteiger partial charge is 0.266 e. The third-order valence-corrected chi connectivity index (χ3v) is 5.00. The molecule has 0 atom stereocenters. The molecule has 2 saturated heterocycles. The number of likely N-dealkylation sites (tertiary alicyclic amines) is 2. The average molecular weight is 318 g/mol. The second-order valence-electron chi connectivity index (χ2n) is 6.76. The van der Waals surface area contributed by atoms with Gasteiger partial charge in [-0.15, -0.1) is 0 Å². The predicted molar refractivity (Wildman–Crippen MR) is 88.2 cm³/mol. The van der Waals surface area contributed by atoms with E-state index in [1.807, 2.05) is 11.8 Å². The highest BCUT2D eigenvalue weighted by molar-refractivity contribution is 5.78. The van der Waals surface area contributed by atoms with Crippen LogP contribution in [0.5, 0.6) is 0 Å². The molecule has 2 aliphatic rings. The number of amides is 1. The van der Waals surface area contributed by atoms with Crippen LogP contribution in [-0.2, 0) is 11.3 Å². The zero-order valence-corrected chi connectivity index (χ0v) is 13.9. The largest absolute Gasteiger partial charge is 0.341 e. The van der Waals surface area contributed by atoms with E-state index in [1.54, 1.807) is 16.8 Å². The molecule has 0 saturated carbocycles. The molecular weight excluding hydrogens is 292 g/mol. The summed E-state index contributed by atoms with van der Waals surface area (Å²) in [5, 5.41) is 4.33. The molecule has 1 aromatic heterocycles. The molecule has 1 amide bonds. The lowest BCUT2D eigenvalue weighted by atomic mass is 9.97. The van der Waals surface area contributed by atoms with Gasteiger partial charge >= 0.3 is 0 Å². The van der Waals surface area contributed by atoms with E-state index in [-0.39, 0.29) is 5.56 Å². The fourth-order valence-corrected chi connectivity index (χ4v) is 3.52. The Hall–Kier alpha value is -1.69. The number of carbonyl (C=O) groups excluding carboxylic acids is 1. The molecule has 3 rings (SSSR count). The number of nitrogens with zero attached hydrogens (tertiary/aromatic N) is 4. The summed E-state index contributed by atoms with van der Waals surface area (Å²) in [6, 6.07) is 3.37. The minimum Gasteiger partial charge on any atom is -0.341 e. The monoisotopic (exact) mass is 318 g/mol. The lowest BCUT2D eigenvalue weighted by Gasteiger charge is -2.33. The maximum atomic E-state index is 11.8. The minimum absolute atomic E-state index is 0.00873. The summed E-state index contributed by atoms with van der Waals surface area (Å²) in [7, 11) is 0. The predicted octanol–water partition coefficient (Wildman–Crippen LogP) is 0.886. The van der Waals surface area contributed by atoms with E-state index in [0.717, 1.165) is 70.6 Å². The molecule has 0 radical (unpaired) electrons. The molecule has 0 spiro atoms. The Morgan fingerprint density at radius 2 is 1.91 bits per heavy atom. The molecule has 6 nitrogen and oxygen atoms in total. The Bertz CT molecular complexity index is 605. The first-order chi connectivity index (χ1) is 11.1. The molecule has 0 N–H and O–H groups in total. The van der Waals surface area contributed by atoms with Gasteiger partial charge in [-0.25, -0.2) is 4.68 Å². The highest BCUT2D eigenvalue weighted by Gasteiger charge is 2.23. The van der Waals surface area contributed by atoms with Crippen LogP contribution in [-0.4, -0.2) is 58.2 Å². The van der Waals surface area contributed by atoms with Crippen LogP contribution in [0.25, 0.3) is 0 Å². The Labute approximate surface area is 137 Å². The fourth-order valence-electron chi connectivity index (χ4n) is 3.52. The second-order valence-corrected chi connectivity index (χ2v) is 6.76. The summed E-state index contributed by atoms with van der Waals surface area (Å²) in [5.41, 5.74) is 0.878. The maximum Gasteiger partial charge on any atom is 0.266 e. The Morgan fingerprint density at radius 3 is 2.61 bits per heavy atom. The third-order valence-electron chi connectivity index (χ3n) is 5.00. The van der Waals surface area contributed by atoms with Crippen molar-refractivity contribution in [1.29, 1.82) is 0 Å². The summed E-state index contributed by atoms with van der Waals surface area (Å²) in [5.74, 6) is 0.830. The van der Waals surface area contributed by atoms with E-state index >= 15 is 0 Å². The number of rotatable bonds is 5. The fraction of sp³-hybridized carbons (Fsp3) is 0.706.